The molecule has 0 bridgehead atoms. The van der Waals surface area contributed by atoms with Gasteiger partial charge in [-0.2, -0.15) is 0 Å². The van der Waals surface area contributed by atoms with Gasteiger partial charge in [-0.3, -0.25) is 4.79 Å². The van der Waals surface area contributed by atoms with Crippen LogP contribution in [0, 0.1) is 41.5 Å². The summed E-state index contributed by atoms with van der Waals surface area (Å²) in [6, 6.07) is 15.7. The molecule has 0 saturated heterocycles. The zero-order chi connectivity index (χ0) is 24.2. The van der Waals surface area contributed by atoms with Gasteiger partial charge < -0.3 is 4.57 Å². The molecule has 0 amide bonds. The fourth-order valence-electron chi connectivity index (χ4n) is 5.46. The average Bonchev–Trinajstić information content (AvgIpc) is 3.08. The van der Waals surface area contributed by atoms with E-state index in [1.165, 1.54) is 44.5 Å². The Labute approximate surface area is 198 Å². The van der Waals surface area contributed by atoms with Crippen LogP contribution in [0.3, 0.4) is 0 Å². The molecule has 2 aromatic rings. The van der Waals surface area contributed by atoms with Crippen molar-refractivity contribution < 1.29 is 4.79 Å². The topological polar surface area (TPSA) is 22.0 Å². The zero-order valence-electron chi connectivity index (χ0n) is 21.5. The van der Waals surface area contributed by atoms with E-state index in [2.05, 4.69) is 102 Å². The molecule has 0 spiro atoms. The van der Waals surface area contributed by atoms with E-state index in [9.17, 15) is 4.79 Å². The second-order valence-electron chi connectivity index (χ2n) is 10.0. The van der Waals surface area contributed by atoms with Gasteiger partial charge in [0.15, 0.2) is 5.78 Å². The largest absolute Gasteiger partial charge is 0.317 e. The number of carbonyl (C=O) groups excluding carboxylic acids is 1. The van der Waals surface area contributed by atoms with E-state index in [-0.39, 0.29) is 5.78 Å². The molecule has 2 aliphatic rings. The van der Waals surface area contributed by atoms with E-state index in [0.29, 0.717) is 5.92 Å². The maximum atomic E-state index is 13.0. The molecular formula is C31H35NO. The number of fused-ring (bicyclic) bond motifs is 1. The van der Waals surface area contributed by atoms with Gasteiger partial charge in [-0.15, -0.1) is 0 Å². The van der Waals surface area contributed by atoms with E-state index in [4.69, 9.17) is 0 Å². The van der Waals surface area contributed by atoms with Crippen molar-refractivity contribution in [2.75, 3.05) is 0 Å². The predicted octanol–water partition coefficient (Wildman–Crippen LogP) is 8.43. The fraction of sp³-hybridized carbons (Fsp3) is 0.323. The molecule has 170 valence electrons. The molecule has 0 radical (unpaired) electrons. The number of aromatic nitrogens is 1. The second-order valence-corrected chi connectivity index (χ2v) is 10.0. The first-order valence-corrected chi connectivity index (χ1v) is 11.9. The summed E-state index contributed by atoms with van der Waals surface area (Å²) in [6.07, 6.45) is 0. The third-order valence-corrected chi connectivity index (χ3v) is 6.95. The Hall–Kier alpha value is -3.13. The Morgan fingerprint density at radius 2 is 1.36 bits per heavy atom. The second kappa shape index (κ2) is 8.33. The maximum Gasteiger partial charge on any atom is 0.162 e. The third kappa shape index (κ3) is 3.82. The van der Waals surface area contributed by atoms with Gasteiger partial charge in [0.2, 0.25) is 0 Å². The lowest BCUT2D eigenvalue weighted by Crippen LogP contribution is -2.02. The van der Waals surface area contributed by atoms with Crippen LogP contribution in [0.5, 0.6) is 0 Å². The lowest BCUT2D eigenvalue weighted by Gasteiger charge is -2.12. The van der Waals surface area contributed by atoms with E-state index >= 15 is 0 Å². The van der Waals surface area contributed by atoms with Gasteiger partial charge in [0.1, 0.15) is 0 Å². The van der Waals surface area contributed by atoms with Crippen LogP contribution >= 0.6 is 0 Å². The Kier molecular flexibility index (Phi) is 5.82. The van der Waals surface area contributed by atoms with Crippen LogP contribution in [0.2, 0.25) is 0 Å². The highest BCUT2D eigenvalue weighted by molar-refractivity contribution is 6.06. The first-order valence-electron chi connectivity index (χ1n) is 11.9. The highest BCUT2D eigenvalue weighted by Gasteiger charge is 2.27. The van der Waals surface area contributed by atoms with Crippen LogP contribution in [0.1, 0.15) is 76.3 Å². The van der Waals surface area contributed by atoms with Gasteiger partial charge in [0.05, 0.1) is 0 Å². The molecular weight excluding hydrogens is 402 g/mol. The van der Waals surface area contributed by atoms with Gasteiger partial charge in [0.25, 0.3) is 0 Å². The minimum atomic E-state index is 0.113. The highest BCUT2D eigenvalue weighted by atomic mass is 16.1. The molecule has 1 aromatic carbocycles. The van der Waals surface area contributed by atoms with Crippen LogP contribution in [0.4, 0.5) is 0 Å². The normalized spacial score (nSPS) is 11.6. The van der Waals surface area contributed by atoms with Crippen molar-refractivity contribution in [2.45, 2.75) is 68.2 Å². The van der Waals surface area contributed by atoms with Crippen molar-refractivity contribution in [2.24, 2.45) is 0 Å². The van der Waals surface area contributed by atoms with E-state index in [0.717, 1.165) is 28.2 Å². The summed E-state index contributed by atoms with van der Waals surface area (Å²) >= 11 is 0. The van der Waals surface area contributed by atoms with Crippen molar-refractivity contribution in [3.63, 3.8) is 0 Å². The van der Waals surface area contributed by atoms with Gasteiger partial charge >= 0.3 is 0 Å². The van der Waals surface area contributed by atoms with E-state index in [1.54, 1.807) is 6.92 Å². The first-order chi connectivity index (χ1) is 15.5. The molecule has 0 aliphatic heterocycles. The van der Waals surface area contributed by atoms with Crippen LogP contribution in [-0.2, 0) is 0 Å². The van der Waals surface area contributed by atoms with Crippen molar-refractivity contribution >= 4 is 5.78 Å². The molecule has 0 saturated carbocycles. The summed E-state index contributed by atoms with van der Waals surface area (Å²) in [5, 5.41) is 0. The maximum absolute atomic E-state index is 13.0. The van der Waals surface area contributed by atoms with Gasteiger partial charge in [-0.25, -0.2) is 0 Å². The van der Waals surface area contributed by atoms with Crippen LogP contribution in [0.25, 0.3) is 27.9 Å². The quantitative estimate of drug-likeness (QED) is 0.294. The smallest absolute Gasteiger partial charge is 0.162 e. The molecule has 4 rings (SSSR count). The number of rotatable bonds is 4. The zero-order valence-corrected chi connectivity index (χ0v) is 21.5. The lowest BCUT2D eigenvalue weighted by atomic mass is 9.94. The van der Waals surface area contributed by atoms with Crippen molar-refractivity contribution in [1.29, 1.82) is 0 Å². The highest BCUT2D eigenvalue weighted by Crippen LogP contribution is 2.45. The molecule has 2 nitrogen and oxygen atoms in total. The standard InChI is InChI=1S/C31H35NO/c1-17(2)25-11-10-20(5)29-27(16-25)21(6)15-28(29)31-23(8)32(22(7)30(31)24(9)33)26-13-18(3)12-19(4)14-26/h10-17H,1-9H3. The SMILES string of the molecule is CC(=O)c1c(-c2cc(C)c3cc(C(C)C)ccc(C)c2-3)c(C)n(-c2cc(C)cc(C)c2)c1C. The molecule has 1 heterocycles. The van der Waals surface area contributed by atoms with Gasteiger partial charge in [-0.1, -0.05) is 44.2 Å². The molecule has 0 unspecified atom stereocenters. The first kappa shape index (κ1) is 23.0. The molecule has 0 atom stereocenters. The van der Waals surface area contributed by atoms with Gasteiger partial charge in [-0.05, 0) is 111 Å². The molecule has 2 heteroatoms. The Morgan fingerprint density at radius 1 is 0.727 bits per heavy atom. The minimum absolute atomic E-state index is 0.113. The number of ketones is 1. The monoisotopic (exact) mass is 437 g/mol. The van der Waals surface area contributed by atoms with Crippen molar-refractivity contribution in [3.8, 4) is 27.9 Å². The van der Waals surface area contributed by atoms with Gasteiger partial charge in [0, 0.05) is 28.2 Å². The molecule has 2 aliphatic carbocycles. The number of benzene rings is 1. The summed E-state index contributed by atoms with van der Waals surface area (Å²) in [5.74, 6) is 0.571. The Balaban J connectivity index is 2.08. The number of Topliss-reactive ketones (excluding diaryl/α,β-unsaturated/α-hetero) is 1. The number of nitrogens with zero attached hydrogens (tertiary/aromatic N) is 1. The molecule has 1 aromatic heterocycles. The Bertz CT molecular complexity index is 1350. The number of hydrogen-bond acceptors (Lipinski definition) is 1. The summed E-state index contributed by atoms with van der Waals surface area (Å²) in [6.45, 7) is 19.0. The molecule has 0 N–H and O–H groups in total. The molecule has 0 fully saturated rings. The van der Waals surface area contributed by atoms with E-state index < -0.39 is 0 Å². The number of hydrogen-bond donors (Lipinski definition) is 0. The minimum Gasteiger partial charge on any atom is -0.317 e. The van der Waals surface area contributed by atoms with Crippen LogP contribution < -0.4 is 0 Å². The average molecular weight is 438 g/mol. The lowest BCUT2D eigenvalue weighted by molar-refractivity contribution is 0.101. The summed E-state index contributed by atoms with van der Waals surface area (Å²) < 4.78 is 2.26. The van der Waals surface area contributed by atoms with Crippen LogP contribution in [-0.4, -0.2) is 10.4 Å². The van der Waals surface area contributed by atoms with Crippen molar-refractivity contribution in [1.82, 2.24) is 4.57 Å². The van der Waals surface area contributed by atoms with E-state index in [1.807, 2.05) is 0 Å². The Morgan fingerprint density at radius 3 is 1.94 bits per heavy atom. The van der Waals surface area contributed by atoms with Crippen LogP contribution in [0.15, 0.2) is 42.5 Å². The number of carbonyl (C=O) groups is 1. The summed E-state index contributed by atoms with van der Waals surface area (Å²) in [7, 11) is 0. The van der Waals surface area contributed by atoms with Crippen molar-refractivity contribution in [3.05, 3.63) is 87.2 Å². The fourth-order valence-corrected chi connectivity index (χ4v) is 5.46. The summed E-state index contributed by atoms with van der Waals surface area (Å²) in [4.78, 5) is 13.0. The third-order valence-electron chi connectivity index (χ3n) is 6.95. The molecule has 33 heavy (non-hydrogen) atoms. The summed E-state index contributed by atoms with van der Waals surface area (Å²) in [5.41, 5.74) is 15.1. The predicted molar refractivity (Wildman–Crippen MR) is 140 cm³/mol. The number of aryl methyl sites for hydroxylation is 4.